The van der Waals surface area contributed by atoms with Crippen LogP contribution in [0.1, 0.15) is 45.2 Å². The molecule has 0 heterocycles. The van der Waals surface area contributed by atoms with Crippen molar-refractivity contribution >= 4 is 10.0 Å². The van der Waals surface area contributed by atoms with E-state index in [-0.39, 0.29) is 5.41 Å². The fourth-order valence-corrected chi connectivity index (χ4v) is 3.36. The number of rotatable bonds is 7. The predicted octanol–water partition coefficient (Wildman–Crippen LogP) is 2.82. The first-order chi connectivity index (χ1) is 9.67. The lowest BCUT2D eigenvalue weighted by Gasteiger charge is -2.19. The quantitative estimate of drug-likeness (QED) is 0.814. The van der Waals surface area contributed by atoms with E-state index < -0.39 is 10.0 Å². The first-order valence-corrected chi connectivity index (χ1v) is 8.94. The standard InChI is InChI=1S/C16H28N2O2S/c1-6-17-12-14-8-7-9-15(13(14)2)21(19,20)18-11-10-16(3,4)5/h7-9,17-18H,6,10-12H2,1-5H3. The van der Waals surface area contributed by atoms with Crippen LogP contribution in [0.4, 0.5) is 0 Å². The highest BCUT2D eigenvalue weighted by Gasteiger charge is 2.19. The van der Waals surface area contributed by atoms with Gasteiger partial charge in [-0.2, -0.15) is 0 Å². The molecule has 0 unspecified atom stereocenters. The zero-order chi connectivity index (χ0) is 16.1. The summed E-state index contributed by atoms with van der Waals surface area (Å²) in [5, 5.41) is 3.23. The average molecular weight is 312 g/mol. The molecule has 0 aliphatic rings. The summed E-state index contributed by atoms with van der Waals surface area (Å²) in [6.45, 7) is 12.2. The molecule has 0 radical (unpaired) electrons. The van der Waals surface area contributed by atoms with Crippen molar-refractivity contribution in [2.24, 2.45) is 5.41 Å². The first-order valence-electron chi connectivity index (χ1n) is 7.46. The maximum atomic E-state index is 12.4. The van der Waals surface area contributed by atoms with E-state index in [2.05, 4.69) is 30.8 Å². The van der Waals surface area contributed by atoms with Crippen molar-refractivity contribution in [1.29, 1.82) is 0 Å². The van der Waals surface area contributed by atoms with Crippen molar-refractivity contribution in [2.75, 3.05) is 13.1 Å². The Labute approximate surface area is 129 Å². The van der Waals surface area contributed by atoms with Crippen LogP contribution >= 0.6 is 0 Å². The molecular weight excluding hydrogens is 284 g/mol. The van der Waals surface area contributed by atoms with Crippen LogP contribution in [0.5, 0.6) is 0 Å². The van der Waals surface area contributed by atoms with Crippen LogP contribution in [0.2, 0.25) is 0 Å². The molecule has 0 amide bonds. The maximum absolute atomic E-state index is 12.4. The van der Waals surface area contributed by atoms with Crippen LogP contribution in [0.25, 0.3) is 0 Å². The van der Waals surface area contributed by atoms with Crippen molar-refractivity contribution in [3.8, 4) is 0 Å². The van der Waals surface area contributed by atoms with E-state index in [0.29, 0.717) is 18.0 Å². The van der Waals surface area contributed by atoms with Crippen LogP contribution in [0.15, 0.2) is 23.1 Å². The first kappa shape index (κ1) is 18.1. The lowest BCUT2D eigenvalue weighted by atomic mass is 9.93. The van der Waals surface area contributed by atoms with Gasteiger partial charge in [0, 0.05) is 13.1 Å². The second kappa shape index (κ2) is 7.38. The van der Waals surface area contributed by atoms with E-state index in [9.17, 15) is 8.42 Å². The SMILES string of the molecule is CCNCc1cccc(S(=O)(=O)NCCC(C)(C)C)c1C. The van der Waals surface area contributed by atoms with E-state index in [1.165, 1.54) is 0 Å². The molecule has 5 heteroatoms. The van der Waals surface area contributed by atoms with E-state index >= 15 is 0 Å². The molecular formula is C16H28N2O2S. The van der Waals surface area contributed by atoms with Gasteiger partial charge >= 0.3 is 0 Å². The molecule has 1 aromatic rings. The van der Waals surface area contributed by atoms with Gasteiger partial charge in [-0.25, -0.2) is 13.1 Å². The molecule has 0 aliphatic carbocycles. The van der Waals surface area contributed by atoms with Crippen LogP contribution in [-0.4, -0.2) is 21.5 Å². The largest absolute Gasteiger partial charge is 0.313 e. The molecule has 2 N–H and O–H groups in total. The third kappa shape index (κ3) is 5.77. The Hall–Kier alpha value is -0.910. The van der Waals surface area contributed by atoms with Crippen molar-refractivity contribution < 1.29 is 8.42 Å². The topological polar surface area (TPSA) is 58.2 Å². The molecule has 0 aliphatic heterocycles. The maximum Gasteiger partial charge on any atom is 0.240 e. The summed E-state index contributed by atoms with van der Waals surface area (Å²) in [6.07, 6.45) is 0.808. The summed E-state index contributed by atoms with van der Waals surface area (Å²) in [5.41, 5.74) is 1.96. The molecule has 1 aromatic carbocycles. The fourth-order valence-electron chi connectivity index (χ4n) is 2.04. The Balaban J connectivity index is 2.88. The Kier molecular flexibility index (Phi) is 6.38. The number of benzene rings is 1. The molecule has 0 bridgehead atoms. The molecule has 21 heavy (non-hydrogen) atoms. The predicted molar refractivity (Wildman–Crippen MR) is 87.8 cm³/mol. The van der Waals surface area contributed by atoms with Gasteiger partial charge in [-0.05, 0) is 42.5 Å². The summed E-state index contributed by atoms with van der Waals surface area (Å²) >= 11 is 0. The van der Waals surface area contributed by atoms with Gasteiger partial charge in [0.15, 0.2) is 0 Å². The van der Waals surface area contributed by atoms with Gasteiger partial charge in [0.25, 0.3) is 0 Å². The van der Waals surface area contributed by atoms with Crippen molar-refractivity contribution in [2.45, 2.75) is 52.5 Å². The monoisotopic (exact) mass is 312 g/mol. The average Bonchev–Trinajstić information content (AvgIpc) is 2.35. The number of hydrogen-bond donors (Lipinski definition) is 2. The Morgan fingerprint density at radius 2 is 1.86 bits per heavy atom. The van der Waals surface area contributed by atoms with Crippen LogP contribution in [-0.2, 0) is 16.6 Å². The Morgan fingerprint density at radius 3 is 2.43 bits per heavy atom. The van der Waals surface area contributed by atoms with Crippen LogP contribution in [0, 0.1) is 12.3 Å². The summed E-state index contributed by atoms with van der Waals surface area (Å²) in [5.74, 6) is 0. The minimum atomic E-state index is -3.44. The van der Waals surface area contributed by atoms with E-state index in [0.717, 1.165) is 24.1 Å². The fraction of sp³-hybridized carbons (Fsp3) is 0.625. The highest BCUT2D eigenvalue weighted by Crippen LogP contribution is 2.20. The highest BCUT2D eigenvalue weighted by molar-refractivity contribution is 7.89. The van der Waals surface area contributed by atoms with Crippen LogP contribution < -0.4 is 10.0 Å². The minimum Gasteiger partial charge on any atom is -0.313 e. The Bertz CT molecular complexity index is 560. The molecule has 0 spiro atoms. The lowest BCUT2D eigenvalue weighted by Crippen LogP contribution is -2.28. The number of nitrogens with one attached hydrogen (secondary N) is 2. The third-order valence-corrected chi connectivity index (χ3v) is 5.02. The molecule has 1 rings (SSSR count). The highest BCUT2D eigenvalue weighted by atomic mass is 32.2. The second-order valence-corrected chi connectivity index (χ2v) is 8.26. The molecule has 0 saturated carbocycles. The number of hydrogen-bond acceptors (Lipinski definition) is 3. The van der Waals surface area contributed by atoms with E-state index in [1.54, 1.807) is 12.1 Å². The smallest absolute Gasteiger partial charge is 0.240 e. The summed E-state index contributed by atoms with van der Waals surface area (Å²) in [7, 11) is -3.44. The minimum absolute atomic E-state index is 0.116. The van der Waals surface area contributed by atoms with E-state index in [1.807, 2.05) is 19.9 Å². The van der Waals surface area contributed by atoms with Gasteiger partial charge in [0.2, 0.25) is 10.0 Å². The Morgan fingerprint density at radius 1 is 1.19 bits per heavy atom. The van der Waals surface area contributed by atoms with Crippen molar-refractivity contribution in [1.82, 2.24) is 10.0 Å². The van der Waals surface area contributed by atoms with Gasteiger partial charge in [-0.3, -0.25) is 0 Å². The van der Waals surface area contributed by atoms with Crippen molar-refractivity contribution in [3.63, 3.8) is 0 Å². The van der Waals surface area contributed by atoms with Crippen molar-refractivity contribution in [3.05, 3.63) is 29.3 Å². The molecule has 0 saturated heterocycles. The summed E-state index contributed by atoms with van der Waals surface area (Å²) in [4.78, 5) is 0.381. The molecule has 0 fully saturated rings. The van der Waals surface area contributed by atoms with Crippen LogP contribution in [0.3, 0.4) is 0 Å². The summed E-state index contributed by atoms with van der Waals surface area (Å²) < 4.78 is 27.6. The van der Waals surface area contributed by atoms with Gasteiger partial charge < -0.3 is 5.32 Å². The second-order valence-electron chi connectivity index (χ2n) is 6.53. The third-order valence-electron chi connectivity index (χ3n) is 3.42. The lowest BCUT2D eigenvalue weighted by molar-refractivity contribution is 0.378. The van der Waals surface area contributed by atoms with Gasteiger partial charge in [0.05, 0.1) is 4.90 Å². The van der Waals surface area contributed by atoms with E-state index in [4.69, 9.17) is 0 Å². The zero-order valence-electron chi connectivity index (χ0n) is 13.8. The zero-order valence-corrected chi connectivity index (χ0v) is 14.6. The summed E-state index contributed by atoms with van der Waals surface area (Å²) in [6, 6.07) is 5.44. The van der Waals surface area contributed by atoms with Gasteiger partial charge in [-0.15, -0.1) is 0 Å². The van der Waals surface area contributed by atoms with Gasteiger partial charge in [0.1, 0.15) is 0 Å². The van der Waals surface area contributed by atoms with Gasteiger partial charge in [-0.1, -0.05) is 39.8 Å². The molecule has 120 valence electrons. The molecule has 0 aromatic heterocycles. The normalized spacial score (nSPS) is 12.6. The number of sulfonamides is 1. The molecule has 0 atom stereocenters. The molecule has 4 nitrogen and oxygen atoms in total.